The smallest absolute Gasteiger partial charge is 0.268 e. The van der Waals surface area contributed by atoms with Gasteiger partial charge in [-0.15, -0.1) is 23.1 Å². The first-order valence-corrected chi connectivity index (χ1v) is 9.24. The number of halogens is 2. The number of nitrogens with zero attached hydrogens (tertiary/aromatic N) is 1. The fourth-order valence-electron chi connectivity index (χ4n) is 2.03. The van der Waals surface area contributed by atoms with Crippen molar-refractivity contribution in [1.82, 2.24) is 0 Å². The third-order valence-electron chi connectivity index (χ3n) is 2.95. The Kier molecular flexibility index (Phi) is 4.12. The molecule has 3 nitrogen and oxygen atoms in total. The molecule has 2 N–H and O–H groups in total. The van der Waals surface area contributed by atoms with Crippen LogP contribution in [0, 0.1) is 0 Å². The second-order valence-electron chi connectivity index (χ2n) is 4.26. The van der Waals surface area contributed by atoms with Crippen molar-refractivity contribution in [3.8, 4) is 0 Å². The van der Waals surface area contributed by atoms with Gasteiger partial charge in [-0.25, -0.2) is 0 Å². The Morgan fingerprint density at radius 3 is 2.80 bits per heavy atom. The van der Waals surface area contributed by atoms with Gasteiger partial charge in [-0.3, -0.25) is 4.79 Å². The summed E-state index contributed by atoms with van der Waals surface area (Å²) < 4.78 is 1.84. The maximum absolute atomic E-state index is 12.7. The number of rotatable bonds is 1. The summed E-state index contributed by atoms with van der Waals surface area (Å²) in [7, 11) is 0. The Bertz CT molecular complexity index is 668. The summed E-state index contributed by atoms with van der Waals surface area (Å²) in [6.07, 6.45) is 0. The van der Waals surface area contributed by atoms with E-state index in [1.54, 1.807) is 11.8 Å². The van der Waals surface area contributed by atoms with Gasteiger partial charge in [0, 0.05) is 27.4 Å². The number of amides is 1. The van der Waals surface area contributed by atoms with Crippen LogP contribution in [0.25, 0.3) is 0 Å². The normalized spacial score (nSPS) is 14.2. The lowest BCUT2D eigenvalue weighted by molar-refractivity contribution is 0.0991. The van der Waals surface area contributed by atoms with Gasteiger partial charge in [0.05, 0.1) is 14.4 Å². The summed E-state index contributed by atoms with van der Waals surface area (Å²) >= 11 is 10.0. The number of fused-ring (bicyclic) bond motifs is 1. The van der Waals surface area contributed by atoms with E-state index in [1.165, 1.54) is 11.3 Å². The van der Waals surface area contributed by atoms with Crippen LogP contribution in [0.5, 0.6) is 0 Å². The molecule has 1 amide bonds. The molecule has 1 aliphatic rings. The van der Waals surface area contributed by atoms with Gasteiger partial charge in [0.15, 0.2) is 0 Å². The molecule has 0 saturated carbocycles. The minimum atomic E-state index is 0.0218. The van der Waals surface area contributed by atoms with Crippen molar-refractivity contribution >= 4 is 72.2 Å². The van der Waals surface area contributed by atoms with Crippen molar-refractivity contribution in [3.05, 3.63) is 37.4 Å². The molecule has 2 aromatic rings. The number of nitrogens with two attached hydrogens (primary N) is 1. The summed E-state index contributed by atoms with van der Waals surface area (Å²) in [5.41, 5.74) is 7.44. The predicted octanol–water partition coefficient (Wildman–Crippen LogP) is 4.61. The van der Waals surface area contributed by atoms with Gasteiger partial charge in [0.1, 0.15) is 0 Å². The maximum Gasteiger partial charge on any atom is 0.268 e. The van der Waals surface area contributed by atoms with Gasteiger partial charge < -0.3 is 10.6 Å². The third kappa shape index (κ3) is 2.64. The standard InChI is InChI=1S/C13H10Br2N2OS2/c14-8-6-11(20-12(8)15)13(18)17-3-4-19-10-2-1-7(16)5-9(10)17/h1-2,5-6H,3-4,16H2. The zero-order chi connectivity index (χ0) is 14.3. The van der Waals surface area contributed by atoms with Gasteiger partial charge in [-0.05, 0) is 56.1 Å². The highest BCUT2D eigenvalue weighted by atomic mass is 79.9. The number of thiophene rings is 1. The van der Waals surface area contributed by atoms with Crippen LogP contribution < -0.4 is 10.6 Å². The van der Waals surface area contributed by atoms with E-state index < -0.39 is 0 Å². The second kappa shape index (κ2) is 5.71. The van der Waals surface area contributed by atoms with Crippen molar-refractivity contribution in [2.45, 2.75) is 4.90 Å². The van der Waals surface area contributed by atoms with Gasteiger partial charge in [-0.2, -0.15) is 0 Å². The van der Waals surface area contributed by atoms with E-state index in [4.69, 9.17) is 5.73 Å². The van der Waals surface area contributed by atoms with Crippen LogP contribution in [-0.4, -0.2) is 18.2 Å². The van der Waals surface area contributed by atoms with E-state index in [0.717, 1.165) is 24.6 Å². The van der Waals surface area contributed by atoms with E-state index in [2.05, 4.69) is 31.9 Å². The average molecular weight is 434 g/mol. The summed E-state index contributed by atoms with van der Waals surface area (Å²) in [6.45, 7) is 0.701. The number of anilines is 2. The van der Waals surface area contributed by atoms with Gasteiger partial charge in [0.2, 0.25) is 0 Å². The van der Waals surface area contributed by atoms with Crippen LogP contribution in [0.15, 0.2) is 37.4 Å². The molecule has 0 fully saturated rings. The molecule has 1 aliphatic heterocycles. The van der Waals surface area contributed by atoms with Crippen LogP contribution in [-0.2, 0) is 0 Å². The number of carbonyl (C=O) groups is 1. The third-order valence-corrected chi connectivity index (χ3v) is 7.23. The van der Waals surface area contributed by atoms with Crippen molar-refractivity contribution in [3.63, 3.8) is 0 Å². The molecule has 1 aromatic carbocycles. The highest BCUT2D eigenvalue weighted by molar-refractivity contribution is 9.13. The molecule has 104 valence electrons. The molecule has 0 spiro atoms. The van der Waals surface area contributed by atoms with Crippen LogP contribution in [0.2, 0.25) is 0 Å². The molecule has 2 heterocycles. The minimum Gasteiger partial charge on any atom is -0.399 e. The SMILES string of the molecule is Nc1ccc2c(c1)N(C(=O)c1cc(Br)c(Br)s1)CCS2. The largest absolute Gasteiger partial charge is 0.399 e. The number of hydrogen-bond donors (Lipinski definition) is 1. The van der Waals surface area contributed by atoms with Crippen LogP contribution in [0.1, 0.15) is 9.67 Å². The van der Waals surface area contributed by atoms with Crippen molar-refractivity contribution in [2.24, 2.45) is 0 Å². The lowest BCUT2D eigenvalue weighted by Crippen LogP contribution is -2.35. The molecule has 0 unspecified atom stereocenters. The average Bonchev–Trinajstić information content (AvgIpc) is 2.77. The van der Waals surface area contributed by atoms with Gasteiger partial charge >= 0.3 is 0 Å². The molecule has 20 heavy (non-hydrogen) atoms. The van der Waals surface area contributed by atoms with Crippen LogP contribution in [0.4, 0.5) is 11.4 Å². The van der Waals surface area contributed by atoms with E-state index >= 15 is 0 Å². The summed E-state index contributed by atoms with van der Waals surface area (Å²) in [5.74, 6) is 0.921. The Morgan fingerprint density at radius 2 is 2.10 bits per heavy atom. The van der Waals surface area contributed by atoms with E-state index in [9.17, 15) is 4.79 Å². The quantitative estimate of drug-likeness (QED) is 0.668. The minimum absolute atomic E-state index is 0.0218. The molecule has 7 heteroatoms. The fourth-order valence-corrected chi connectivity index (χ4v) is 4.99. The molecular formula is C13H10Br2N2OS2. The number of benzene rings is 1. The zero-order valence-electron chi connectivity index (χ0n) is 10.2. The van der Waals surface area contributed by atoms with Crippen LogP contribution >= 0.6 is 55.0 Å². The maximum atomic E-state index is 12.7. The van der Waals surface area contributed by atoms with Gasteiger partial charge in [-0.1, -0.05) is 0 Å². The molecule has 1 aromatic heterocycles. The lowest BCUT2D eigenvalue weighted by atomic mass is 10.2. The number of hydrogen-bond acceptors (Lipinski definition) is 4. The van der Waals surface area contributed by atoms with Crippen molar-refractivity contribution < 1.29 is 4.79 Å². The molecule has 0 radical (unpaired) electrons. The fraction of sp³-hybridized carbons (Fsp3) is 0.154. The first-order chi connectivity index (χ1) is 9.56. The topological polar surface area (TPSA) is 46.3 Å². The molecule has 0 saturated heterocycles. The van der Waals surface area contributed by atoms with Crippen molar-refractivity contribution in [2.75, 3.05) is 22.9 Å². The van der Waals surface area contributed by atoms with Crippen molar-refractivity contribution in [1.29, 1.82) is 0 Å². The zero-order valence-corrected chi connectivity index (χ0v) is 15.0. The van der Waals surface area contributed by atoms with Crippen LogP contribution in [0.3, 0.4) is 0 Å². The van der Waals surface area contributed by atoms with E-state index in [-0.39, 0.29) is 5.91 Å². The molecule has 0 aliphatic carbocycles. The first kappa shape index (κ1) is 14.4. The molecule has 3 rings (SSSR count). The number of nitrogen functional groups attached to an aromatic ring is 1. The highest BCUT2D eigenvalue weighted by Gasteiger charge is 2.25. The lowest BCUT2D eigenvalue weighted by Gasteiger charge is -2.28. The molecule has 0 atom stereocenters. The summed E-state index contributed by atoms with van der Waals surface area (Å²) in [5, 5.41) is 0. The Balaban J connectivity index is 1.99. The Morgan fingerprint density at radius 1 is 1.30 bits per heavy atom. The van der Waals surface area contributed by atoms with E-state index in [0.29, 0.717) is 17.1 Å². The van der Waals surface area contributed by atoms with Gasteiger partial charge in [0.25, 0.3) is 5.91 Å². The Hall–Kier alpha value is -0.500. The second-order valence-corrected chi connectivity index (χ2v) is 8.63. The number of carbonyl (C=O) groups excluding carboxylic acids is 1. The summed E-state index contributed by atoms with van der Waals surface area (Å²) in [4.78, 5) is 16.3. The Labute approximate surface area is 141 Å². The summed E-state index contributed by atoms with van der Waals surface area (Å²) in [6, 6.07) is 7.58. The molecule has 0 bridgehead atoms. The predicted molar refractivity (Wildman–Crippen MR) is 93.0 cm³/mol. The highest BCUT2D eigenvalue weighted by Crippen LogP contribution is 2.39. The monoisotopic (exact) mass is 432 g/mol. The molecular weight excluding hydrogens is 424 g/mol. The van der Waals surface area contributed by atoms with E-state index in [1.807, 2.05) is 29.2 Å². The number of thioether (sulfide) groups is 1. The first-order valence-electron chi connectivity index (χ1n) is 5.85.